The van der Waals surface area contributed by atoms with Crippen LogP contribution < -0.4 is 0 Å². The zero-order valence-corrected chi connectivity index (χ0v) is 25.4. The van der Waals surface area contributed by atoms with Gasteiger partial charge < -0.3 is 0 Å². The predicted molar refractivity (Wildman–Crippen MR) is 158 cm³/mol. The summed E-state index contributed by atoms with van der Waals surface area (Å²) in [7, 11) is -0.663. The second-order valence-electron chi connectivity index (χ2n) is 13.6. The van der Waals surface area contributed by atoms with Crippen LogP contribution in [0.4, 0.5) is 0 Å². The number of hydrogen-bond donors (Lipinski definition) is 0. The average Bonchev–Trinajstić information content (AvgIpc) is 2.72. The van der Waals surface area contributed by atoms with E-state index in [1.165, 1.54) is 22.3 Å². The normalized spacial score (nSPS) is 23.6. The molecule has 194 valence electrons. The van der Waals surface area contributed by atoms with Crippen LogP contribution in [0.2, 0.25) is 0 Å². The highest BCUT2D eigenvalue weighted by molar-refractivity contribution is 7.60. The molecule has 2 aromatic carbocycles. The van der Waals surface area contributed by atoms with Crippen molar-refractivity contribution in [2.45, 2.75) is 114 Å². The van der Waals surface area contributed by atoms with E-state index < -0.39 is 0 Å². The van der Waals surface area contributed by atoms with Gasteiger partial charge in [-0.3, -0.25) is 9.59 Å². The highest BCUT2D eigenvalue weighted by Gasteiger charge is 2.47. The van der Waals surface area contributed by atoms with Gasteiger partial charge in [-0.25, -0.2) is 0 Å². The van der Waals surface area contributed by atoms with Crippen LogP contribution >= 0.6 is 15.8 Å². The maximum atomic E-state index is 12.4. The van der Waals surface area contributed by atoms with Crippen molar-refractivity contribution in [3.05, 3.63) is 59.7 Å². The maximum Gasteiger partial charge on any atom is 0.134 e. The van der Waals surface area contributed by atoms with Crippen LogP contribution in [0.3, 0.4) is 0 Å². The molecule has 0 radical (unpaired) electrons. The van der Waals surface area contributed by atoms with Crippen LogP contribution in [0.1, 0.15) is 92.2 Å². The molecule has 0 atom stereocenters. The van der Waals surface area contributed by atoms with E-state index in [9.17, 15) is 9.59 Å². The molecule has 0 spiro atoms. The number of hydrogen-bond acceptors (Lipinski definition) is 2. The third-order valence-corrected chi connectivity index (χ3v) is 16.2. The molecule has 2 nitrogen and oxygen atoms in total. The van der Waals surface area contributed by atoms with Gasteiger partial charge in [-0.05, 0) is 55.2 Å². The van der Waals surface area contributed by atoms with E-state index in [-0.39, 0.29) is 36.5 Å². The molecule has 4 heteroatoms. The van der Waals surface area contributed by atoms with Crippen molar-refractivity contribution in [2.24, 2.45) is 0 Å². The summed E-state index contributed by atoms with van der Waals surface area (Å²) < 4.78 is 0. The summed E-state index contributed by atoms with van der Waals surface area (Å²) in [6, 6.07) is 18.2. The van der Waals surface area contributed by atoms with Gasteiger partial charge in [0.1, 0.15) is 11.6 Å². The Labute approximate surface area is 221 Å². The lowest BCUT2D eigenvalue weighted by molar-refractivity contribution is -0.121. The van der Waals surface area contributed by atoms with Crippen LogP contribution in [-0.2, 0) is 21.9 Å². The molecule has 0 aromatic heterocycles. The fraction of sp³-hybridized carbons (Fsp3) is 0.562. The van der Waals surface area contributed by atoms with Crippen LogP contribution in [0.25, 0.3) is 11.1 Å². The summed E-state index contributed by atoms with van der Waals surface area (Å²) >= 11 is 0. The van der Waals surface area contributed by atoms with Gasteiger partial charge in [0.05, 0.1) is 0 Å². The molecule has 4 rings (SSSR count). The largest absolute Gasteiger partial charge is 0.300 e. The summed E-state index contributed by atoms with van der Waals surface area (Å²) in [6.07, 6.45) is 4.99. The van der Waals surface area contributed by atoms with Gasteiger partial charge in [0, 0.05) is 25.7 Å². The lowest BCUT2D eigenvalue weighted by Gasteiger charge is -2.49. The first-order chi connectivity index (χ1) is 16.6. The monoisotopic (exact) mass is 522 g/mol. The molecule has 2 heterocycles. The first-order valence-corrected chi connectivity index (χ1v) is 16.4. The molecule has 36 heavy (non-hydrogen) atoms. The molecule has 0 bridgehead atoms. The predicted octanol–water partition coefficient (Wildman–Crippen LogP) is 9.16. The summed E-state index contributed by atoms with van der Waals surface area (Å²) in [5.41, 5.74) is 5.32. The standard InChI is InChI=1S/C32H44O2P2/c1-29(2)17-27(33)18-30(3,4)35(29)21-23-11-9-13-25(15-23)26-14-10-12-24(16-26)22-36-31(5,6)19-28(34)20-32(36,7)8/h9-16H,17-22H2,1-8H3. The molecule has 2 saturated heterocycles. The molecular formula is C32H44O2P2. The Morgan fingerprint density at radius 3 is 1.17 bits per heavy atom. The number of Topliss-reactive ketones (excluding diaryl/α,β-unsaturated/α-hetero) is 2. The number of carbonyl (C=O) groups excluding carboxylic acids is 2. The van der Waals surface area contributed by atoms with E-state index in [0.717, 1.165) is 12.3 Å². The summed E-state index contributed by atoms with van der Waals surface area (Å²) in [4.78, 5) is 24.8. The van der Waals surface area contributed by atoms with E-state index in [4.69, 9.17) is 0 Å². The molecule has 0 aliphatic carbocycles. The fourth-order valence-corrected chi connectivity index (χ4v) is 14.6. The highest BCUT2D eigenvalue weighted by atomic mass is 31.1. The third kappa shape index (κ3) is 5.87. The van der Waals surface area contributed by atoms with E-state index in [1.807, 2.05) is 0 Å². The van der Waals surface area contributed by atoms with Crippen molar-refractivity contribution < 1.29 is 9.59 Å². The van der Waals surface area contributed by atoms with Gasteiger partial charge in [0.15, 0.2) is 0 Å². The SMILES string of the molecule is CC1(C)CC(=O)CC(C)(C)P1Cc1cccc(-c2cccc(CP3C(C)(C)CC(=O)CC3(C)C)c2)c1. The lowest BCUT2D eigenvalue weighted by Crippen LogP contribution is -2.40. The van der Waals surface area contributed by atoms with E-state index in [0.29, 0.717) is 37.2 Å². The minimum atomic E-state index is -0.332. The first kappa shape index (κ1) is 27.7. The highest BCUT2D eigenvalue weighted by Crippen LogP contribution is 2.67. The zero-order valence-electron chi connectivity index (χ0n) is 23.6. The molecule has 0 N–H and O–H groups in total. The van der Waals surface area contributed by atoms with Crippen molar-refractivity contribution in [1.29, 1.82) is 0 Å². The summed E-state index contributed by atoms with van der Waals surface area (Å²) in [6.45, 7) is 18.4. The van der Waals surface area contributed by atoms with Gasteiger partial charge in [0.25, 0.3) is 0 Å². The van der Waals surface area contributed by atoms with Crippen LogP contribution in [0.15, 0.2) is 48.5 Å². The van der Waals surface area contributed by atoms with Gasteiger partial charge in [-0.15, -0.1) is 0 Å². The lowest BCUT2D eigenvalue weighted by atomic mass is 9.96. The number of carbonyl (C=O) groups is 2. The second kappa shape index (κ2) is 9.75. The Morgan fingerprint density at radius 1 is 0.556 bits per heavy atom. The first-order valence-electron chi connectivity index (χ1n) is 13.4. The van der Waals surface area contributed by atoms with E-state index in [2.05, 4.69) is 104 Å². The Bertz CT molecular complexity index is 1030. The molecular weight excluding hydrogens is 478 g/mol. The van der Waals surface area contributed by atoms with Gasteiger partial charge >= 0.3 is 0 Å². The van der Waals surface area contributed by atoms with E-state index in [1.54, 1.807) is 0 Å². The molecule has 0 saturated carbocycles. The molecule has 0 unspecified atom stereocenters. The van der Waals surface area contributed by atoms with Gasteiger partial charge in [-0.2, -0.15) is 0 Å². The maximum absolute atomic E-state index is 12.4. The van der Waals surface area contributed by atoms with Crippen LogP contribution in [0.5, 0.6) is 0 Å². The number of ketones is 2. The molecule has 2 aromatic rings. The van der Waals surface area contributed by atoms with Gasteiger partial charge in [-0.1, -0.05) is 120 Å². The summed E-state index contributed by atoms with van der Waals surface area (Å²) in [5.74, 6) is 0.842. The Hall–Kier alpha value is -1.36. The van der Waals surface area contributed by atoms with Crippen LogP contribution in [-0.4, -0.2) is 32.2 Å². The zero-order chi connectivity index (χ0) is 26.5. The quantitative estimate of drug-likeness (QED) is 0.367. The fourth-order valence-electron chi connectivity index (χ4n) is 7.00. The van der Waals surface area contributed by atoms with Gasteiger partial charge in [0.2, 0.25) is 0 Å². The smallest absolute Gasteiger partial charge is 0.134 e. The topological polar surface area (TPSA) is 34.1 Å². The number of benzene rings is 2. The van der Waals surface area contributed by atoms with Crippen molar-refractivity contribution in [3.63, 3.8) is 0 Å². The van der Waals surface area contributed by atoms with E-state index >= 15 is 0 Å². The number of rotatable bonds is 5. The Morgan fingerprint density at radius 2 is 0.861 bits per heavy atom. The minimum Gasteiger partial charge on any atom is -0.300 e. The van der Waals surface area contributed by atoms with Crippen LogP contribution in [0, 0.1) is 0 Å². The van der Waals surface area contributed by atoms with Crippen molar-refractivity contribution in [2.75, 3.05) is 0 Å². The Balaban J connectivity index is 1.58. The molecule has 2 aliphatic heterocycles. The summed E-state index contributed by atoms with van der Waals surface area (Å²) in [5, 5.41) is 0.306. The molecule has 2 aliphatic rings. The second-order valence-corrected chi connectivity index (χ2v) is 20.8. The van der Waals surface area contributed by atoms with Crippen molar-refractivity contribution in [3.8, 4) is 11.1 Å². The molecule has 2 fully saturated rings. The average molecular weight is 523 g/mol. The third-order valence-electron chi connectivity index (χ3n) is 8.31. The Kier molecular flexibility index (Phi) is 7.49. The molecule has 0 amide bonds. The minimum absolute atomic E-state index is 0.0766. The van der Waals surface area contributed by atoms with Crippen molar-refractivity contribution >= 4 is 27.4 Å². The van der Waals surface area contributed by atoms with Crippen molar-refractivity contribution in [1.82, 2.24) is 0 Å².